The van der Waals surface area contributed by atoms with Gasteiger partial charge in [-0.05, 0) is 37.3 Å². The molecule has 3 rings (SSSR count). The monoisotopic (exact) mass is 467 g/mol. The fraction of sp³-hybridized carbons (Fsp3) is 0.211. The van der Waals surface area contributed by atoms with E-state index in [9.17, 15) is 18.3 Å². The van der Waals surface area contributed by atoms with Gasteiger partial charge in [0.1, 0.15) is 5.82 Å². The number of pyridine rings is 1. The first-order chi connectivity index (χ1) is 13.8. The van der Waals surface area contributed by atoms with Crippen molar-refractivity contribution in [2.45, 2.75) is 19.1 Å². The van der Waals surface area contributed by atoms with E-state index in [4.69, 9.17) is 0 Å². The van der Waals surface area contributed by atoms with Gasteiger partial charge in [-0.3, -0.25) is 4.98 Å². The number of hydrogen-bond donors (Lipinski definition) is 3. The largest absolute Gasteiger partial charge is 0.417 e. The number of aromatic nitrogens is 3. The minimum absolute atomic E-state index is 0.0495. The quantitative estimate of drug-likeness (QED) is 0.480. The molecule has 1 atom stereocenters. The average molecular weight is 468 g/mol. The maximum atomic E-state index is 13.2. The summed E-state index contributed by atoms with van der Waals surface area (Å²) in [6.07, 6.45) is -2.89. The summed E-state index contributed by atoms with van der Waals surface area (Å²) in [5, 5.41) is 15.1. The Morgan fingerprint density at radius 3 is 2.55 bits per heavy atom. The van der Waals surface area contributed by atoms with Crippen molar-refractivity contribution in [3.63, 3.8) is 0 Å². The maximum absolute atomic E-state index is 13.2. The Morgan fingerprint density at radius 2 is 1.90 bits per heavy atom. The van der Waals surface area contributed by atoms with E-state index in [1.165, 1.54) is 12.1 Å². The van der Waals surface area contributed by atoms with Gasteiger partial charge < -0.3 is 15.7 Å². The lowest BCUT2D eigenvalue weighted by atomic mass is 10.2. The van der Waals surface area contributed by atoms with Gasteiger partial charge in [-0.15, -0.1) is 0 Å². The predicted molar refractivity (Wildman–Crippen MR) is 108 cm³/mol. The summed E-state index contributed by atoms with van der Waals surface area (Å²) in [5.74, 6) is 0.495. The van der Waals surface area contributed by atoms with Gasteiger partial charge in [-0.25, -0.2) is 4.98 Å². The molecule has 0 fully saturated rings. The first-order valence-corrected chi connectivity index (χ1v) is 9.37. The summed E-state index contributed by atoms with van der Waals surface area (Å²) in [6.45, 7) is 1.61. The minimum Gasteiger partial charge on any atom is -0.394 e. The third kappa shape index (κ3) is 5.42. The highest BCUT2D eigenvalue weighted by atomic mass is 79.9. The van der Waals surface area contributed by atoms with Crippen LogP contribution in [0.25, 0.3) is 11.4 Å². The SMILES string of the molecule is C[C@H](CO)Nc1nc(Nc2ccc(Br)c(C(F)(F)F)c2)cc(-c2ccccn2)n1. The maximum Gasteiger partial charge on any atom is 0.417 e. The van der Waals surface area contributed by atoms with Crippen LogP contribution in [0.1, 0.15) is 12.5 Å². The molecule has 10 heteroatoms. The normalized spacial score (nSPS) is 12.5. The first-order valence-electron chi connectivity index (χ1n) is 8.58. The van der Waals surface area contributed by atoms with E-state index < -0.39 is 11.7 Å². The highest BCUT2D eigenvalue weighted by Crippen LogP contribution is 2.37. The molecule has 152 valence electrons. The Balaban J connectivity index is 1.99. The van der Waals surface area contributed by atoms with Gasteiger partial charge in [0.25, 0.3) is 0 Å². The van der Waals surface area contributed by atoms with Gasteiger partial charge in [0, 0.05) is 28.5 Å². The zero-order valence-corrected chi connectivity index (χ0v) is 16.8. The number of nitrogens with one attached hydrogen (secondary N) is 2. The molecule has 1 aromatic carbocycles. The fourth-order valence-electron chi connectivity index (χ4n) is 2.46. The zero-order valence-electron chi connectivity index (χ0n) is 15.2. The molecule has 3 aromatic rings. The zero-order chi connectivity index (χ0) is 21.0. The van der Waals surface area contributed by atoms with Crippen molar-refractivity contribution < 1.29 is 18.3 Å². The second-order valence-electron chi connectivity index (χ2n) is 6.22. The molecule has 2 aromatic heterocycles. The fourth-order valence-corrected chi connectivity index (χ4v) is 2.93. The van der Waals surface area contributed by atoms with E-state index in [0.29, 0.717) is 11.4 Å². The summed E-state index contributed by atoms with van der Waals surface area (Å²) in [7, 11) is 0. The highest BCUT2D eigenvalue weighted by Gasteiger charge is 2.33. The van der Waals surface area contributed by atoms with Crippen molar-refractivity contribution in [3.8, 4) is 11.4 Å². The Hall–Kier alpha value is -2.72. The second-order valence-corrected chi connectivity index (χ2v) is 7.08. The Morgan fingerprint density at radius 1 is 1.10 bits per heavy atom. The van der Waals surface area contributed by atoms with Crippen molar-refractivity contribution in [1.82, 2.24) is 15.0 Å². The topological polar surface area (TPSA) is 83.0 Å². The van der Waals surface area contributed by atoms with Crippen LogP contribution in [-0.2, 0) is 6.18 Å². The molecule has 0 aliphatic heterocycles. The number of alkyl halides is 3. The van der Waals surface area contributed by atoms with Crippen molar-refractivity contribution >= 4 is 33.4 Å². The molecular weight excluding hydrogens is 451 g/mol. The van der Waals surface area contributed by atoms with Crippen molar-refractivity contribution in [2.24, 2.45) is 0 Å². The summed E-state index contributed by atoms with van der Waals surface area (Å²) < 4.78 is 39.5. The average Bonchev–Trinajstić information content (AvgIpc) is 2.69. The molecule has 2 heterocycles. The van der Waals surface area contributed by atoms with E-state index in [-0.39, 0.29) is 34.6 Å². The molecule has 3 N–H and O–H groups in total. The van der Waals surface area contributed by atoms with Crippen molar-refractivity contribution in [2.75, 3.05) is 17.2 Å². The molecule has 0 saturated carbocycles. The lowest BCUT2D eigenvalue weighted by Gasteiger charge is -2.15. The van der Waals surface area contributed by atoms with Gasteiger partial charge in [0.15, 0.2) is 0 Å². The van der Waals surface area contributed by atoms with E-state index in [0.717, 1.165) is 6.07 Å². The number of nitrogens with zero attached hydrogens (tertiary/aromatic N) is 3. The van der Waals surface area contributed by atoms with Crippen LogP contribution in [0.3, 0.4) is 0 Å². The third-order valence-electron chi connectivity index (χ3n) is 3.85. The molecule has 0 aliphatic carbocycles. The number of anilines is 3. The van der Waals surface area contributed by atoms with Gasteiger partial charge in [0.05, 0.1) is 23.6 Å². The van der Waals surface area contributed by atoms with Crippen LogP contribution in [0.5, 0.6) is 0 Å². The minimum atomic E-state index is -4.50. The van der Waals surface area contributed by atoms with Crippen molar-refractivity contribution in [1.29, 1.82) is 0 Å². The molecular formula is C19H17BrF3N5O. The smallest absolute Gasteiger partial charge is 0.394 e. The van der Waals surface area contributed by atoms with Crippen LogP contribution in [0, 0.1) is 0 Å². The lowest BCUT2D eigenvalue weighted by molar-refractivity contribution is -0.138. The number of aliphatic hydroxyl groups excluding tert-OH is 1. The number of halogens is 4. The van der Waals surface area contributed by atoms with E-state index in [1.54, 1.807) is 37.4 Å². The van der Waals surface area contributed by atoms with Gasteiger partial charge >= 0.3 is 6.18 Å². The Bertz CT molecular complexity index is 985. The third-order valence-corrected chi connectivity index (χ3v) is 4.54. The predicted octanol–water partition coefficient (Wildman–Crippen LogP) is 4.86. The number of hydrogen-bond acceptors (Lipinski definition) is 6. The summed E-state index contributed by atoms with van der Waals surface area (Å²) >= 11 is 2.93. The van der Waals surface area contributed by atoms with Crippen molar-refractivity contribution in [3.05, 3.63) is 58.7 Å². The van der Waals surface area contributed by atoms with Crippen LogP contribution < -0.4 is 10.6 Å². The van der Waals surface area contributed by atoms with E-state index in [1.807, 2.05) is 0 Å². The highest BCUT2D eigenvalue weighted by molar-refractivity contribution is 9.10. The molecule has 0 amide bonds. The molecule has 0 bridgehead atoms. The second kappa shape index (κ2) is 8.75. The summed E-state index contributed by atoms with van der Waals surface area (Å²) in [4.78, 5) is 12.9. The van der Waals surface area contributed by atoms with Crippen LogP contribution in [-0.4, -0.2) is 32.7 Å². The standard InChI is InChI=1S/C19H17BrF3N5O/c1-11(10-29)25-18-27-16(15-4-2-3-7-24-15)9-17(28-18)26-12-5-6-14(20)13(8-12)19(21,22)23/h2-9,11,29H,10H2,1H3,(H2,25,26,27,28)/t11-/m1/s1. The molecule has 29 heavy (non-hydrogen) atoms. The first kappa shape index (κ1) is 21.0. The Kier molecular flexibility index (Phi) is 6.33. The molecule has 0 spiro atoms. The van der Waals surface area contributed by atoms with E-state index in [2.05, 4.69) is 41.5 Å². The van der Waals surface area contributed by atoms with E-state index >= 15 is 0 Å². The van der Waals surface area contributed by atoms with Crippen LogP contribution in [0.2, 0.25) is 0 Å². The number of benzene rings is 1. The van der Waals surface area contributed by atoms with Gasteiger partial charge in [-0.2, -0.15) is 18.2 Å². The molecule has 0 saturated heterocycles. The summed E-state index contributed by atoms with van der Waals surface area (Å²) in [6, 6.07) is 10.4. The van der Waals surface area contributed by atoms with Crippen LogP contribution in [0.4, 0.5) is 30.6 Å². The molecule has 0 unspecified atom stereocenters. The lowest BCUT2D eigenvalue weighted by Crippen LogP contribution is -2.21. The number of rotatable bonds is 6. The van der Waals surface area contributed by atoms with Crippen LogP contribution >= 0.6 is 15.9 Å². The van der Waals surface area contributed by atoms with Gasteiger partial charge in [0.2, 0.25) is 5.95 Å². The molecule has 0 aliphatic rings. The van der Waals surface area contributed by atoms with Crippen LogP contribution in [0.15, 0.2) is 53.1 Å². The molecule has 6 nitrogen and oxygen atoms in total. The molecule has 0 radical (unpaired) electrons. The Labute approximate surface area is 173 Å². The number of aliphatic hydroxyl groups is 1. The summed E-state index contributed by atoms with van der Waals surface area (Å²) in [5.41, 5.74) is 0.467. The van der Waals surface area contributed by atoms with Gasteiger partial charge in [-0.1, -0.05) is 22.0 Å².